The van der Waals surface area contributed by atoms with Crippen molar-refractivity contribution >= 4 is 6.03 Å². The summed E-state index contributed by atoms with van der Waals surface area (Å²) in [6.07, 6.45) is 4.81. The van der Waals surface area contributed by atoms with E-state index in [0.717, 1.165) is 24.0 Å². The topological polar surface area (TPSA) is 32.3 Å². The Morgan fingerprint density at radius 3 is 2.52 bits per heavy atom. The summed E-state index contributed by atoms with van der Waals surface area (Å²) in [4.78, 5) is 14.0. The molecule has 0 radical (unpaired) electrons. The van der Waals surface area contributed by atoms with Crippen LogP contribution >= 0.6 is 0 Å². The predicted molar refractivity (Wildman–Crippen MR) is 97.9 cm³/mol. The third-order valence-corrected chi connectivity index (χ3v) is 4.89. The molecule has 1 N–H and O–H groups in total. The van der Waals surface area contributed by atoms with Crippen LogP contribution in [0.25, 0.3) is 0 Å². The molecule has 0 fully saturated rings. The summed E-state index contributed by atoms with van der Waals surface area (Å²) in [6, 6.07) is 12.6. The Morgan fingerprint density at radius 2 is 1.80 bits per heavy atom. The molecule has 2 aromatic rings. The fourth-order valence-corrected chi connectivity index (χ4v) is 3.34. The van der Waals surface area contributed by atoms with Crippen LogP contribution in [0.3, 0.4) is 0 Å². The number of carbonyl (C=O) groups excluding carboxylic acids is 1. The monoisotopic (exact) mass is 340 g/mol. The first-order valence-electron chi connectivity index (χ1n) is 8.90. The van der Waals surface area contributed by atoms with Crippen LogP contribution in [-0.2, 0) is 19.4 Å². The van der Waals surface area contributed by atoms with Gasteiger partial charge < -0.3 is 10.2 Å². The van der Waals surface area contributed by atoms with Crippen LogP contribution in [0.2, 0.25) is 0 Å². The first-order chi connectivity index (χ1) is 12.0. The Morgan fingerprint density at radius 1 is 1.12 bits per heavy atom. The highest BCUT2D eigenvalue weighted by atomic mass is 19.1. The number of fused-ring (bicyclic) bond motifs is 1. The van der Waals surface area contributed by atoms with Crippen molar-refractivity contribution in [3.05, 3.63) is 70.5 Å². The molecule has 0 saturated heterocycles. The lowest BCUT2D eigenvalue weighted by Crippen LogP contribution is -2.38. The van der Waals surface area contributed by atoms with Crippen molar-refractivity contribution in [2.24, 2.45) is 0 Å². The van der Waals surface area contributed by atoms with E-state index in [2.05, 4.69) is 23.5 Å². The number of carbonyl (C=O) groups is 1. The van der Waals surface area contributed by atoms with Gasteiger partial charge in [-0.2, -0.15) is 0 Å². The van der Waals surface area contributed by atoms with Gasteiger partial charge in [-0.25, -0.2) is 9.18 Å². The van der Waals surface area contributed by atoms with Crippen LogP contribution in [-0.4, -0.2) is 18.0 Å². The van der Waals surface area contributed by atoms with Gasteiger partial charge in [-0.05, 0) is 67.0 Å². The predicted octanol–water partition coefficient (Wildman–Crippen LogP) is 4.61. The normalized spacial score (nSPS) is 14.5. The van der Waals surface area contributed by atoms with E-state index < -0.39 is 0 Å². The molecule has 1 aliphatic rings. The van der Waals surface area contributed by atoms with Crippen molar-refractivity contribution in [2.45, 2.75) is 45.2 Å². The molecule has 1 aliphatic carbocycles. The largest absolute Gasteiger partial charge is 0.331 e. The summed E-state index contributed by atoms with van der Waals surface area (Å²) < 4.78 is 13.0. The number of urea groups is 1. The number of hydrogen-bond acceptors (Lipinski definition) is 1. The zero-order valence-corrected chi connectivity index (χ0v) is 14.9. The Labute approximate surface area is 148 Å². The van der Waals surface area contributed by atoms with Gasteiger partial charge in [-0.15, -0.1) is 0 Å². The van der Waals surface area contributed by atoms with Crippen LogP contribution in [0.1, 0.15) is 48.1 Å². The third-order valence-electron chi connectivity index (χ3n) is 4.89. The summed E-state index contributed by atoms with van der Waals surface area (Å²) >= 11 is 0. The minimum absolute atomic E-state index is 0.0459. The summed E-state index contributed by atoms with van der Waals surface area (Å²) in [5.41, 5.74) is 4.91. The summed E-state index contributed by atoms with van der Waals surface area (Å²) in [7, 11) is 1.75. The first-order valence-corrected chi connectivity index (χ1v) is 8.90. The lowest BCUT2D eigenvalue weighted by Gasteiger charge is -2.23. The number of hydrogen-bond donors (Lipinski definition) is 1. The second-order valence-corrected chi connectivity index (χ2v) is 6.89. The molecular formula is C21H25FN2O. The molecule has 132 valence electrons. The quantitative estimate of drug-likeness (QED) is 0.866. The molecule has 1 atom stereocenters. The van der Waals surface area contributed by atoms with Gasteiger partial charge in [0, 0.05) is 13.6 Å². The molecule has 0 saturated carbocycles. The molecule has 2 amide bonds. The van der Waals surface area contributed by atoms with E-state index in [1.165, 1.54) is 36.1 Å². The van der Waals surface area contributed by atoms with Crippen molar-refractivity contribution < 1.29 is 9.18 Å². The van der Waals surface area contributed by atoms with Crippen molar-refractivity contribution in [1.82, 2.24) is 10.2 Å². The van der Waals surface area contributed by atoms with Crippen molar-refractivity contribution in [3.8, 4) is 0 Å². The van der Waals surface area contributed by atoms with Gasteiger partial charge in [0.15, 0.2) is 0 Å². The molecule has 0 spiro atoms. The highest BCUT2D eigenvalue weighted by molar-refractivity contribution is 5.74. The van der Waals surface area contributed by atoms with Gasteiger partial charge in [0.05, 0.1) is 6.04 Å². The second kappa shape index (κ2) is 7.68. The summed E-state index contributed by atoms with van der Waals surface area (Å²) in [6.45, 7) is 2.46. The number of amides is 2. The molecule has 3 rings (SSSR count). The van der Waals surface area contributed by atoms with E-state index in [1.54, 1.807) is 24.1 Å². The Kier molecular flexibility index (Phi) is 5.37. The number of aryl methyl sites for hydroxylation is 2. The highest BCUT2D eigenvalue weighted by Crippen LogP contribution is 2.24. The maximum Gasteiger partial charge on any atom is 0.317 e. The van der Waals surface area contributed by atoms with Crippen LogP contribution < -0.4 is 5.32 Å². The number of rotatable bonds is 4. The maximum atomic E-state index is 13.0. The van der Waals surface area contributed by atoms with Crippen molar-refractivity contribution in [1.29, 1.82) is 0 Å². The number of nitrogens with one attached hydrogen (secondary N) is 1. The number of halogens is 1. The summed E-state index contributed by atoms with van der Waals surface area (Å²) in [5.74, 6) is -0.267. The zero-order chi connectivity index (χ0) is 17.8. The standard InChI is InChI=1S/C21H25FN2O/c1-15(18-10-9-17-5-3-4-6-19(17)13-18)23-21(25)24(2)14-16-7-11-20(22)12-8-16/h7-13,15H,3-6,14H2,1-2H3,(H,23,25). The van der Waals surface area contributed by atoms with Crippen LogP contribution in [0.4, 0.5) is 9.18 Å². The minimum atomic E-state index is -0.267. The molecule has 25 heavy (non-hydrogen) atoms. The molecular weight excluding hydrogens is 315 g/mol. The molecule has 3 nitrogen and oxygen atoms in total. The lowest BCUT2D eigenvalue weighted by molar-refractivity contribution is 0.203. The molecule has 0 aromatic heterocycles. The van der Waals surface area contributed by atoms with Crippen molar-refractivity contribution in [3.63, 3.8) is 0 Å². The number of benzene rings is 2. The van der Waals surface area contributed by atoms with Crippen LogP contribution in [0.15, 0.2) is 42.5 Å². The van der Waals surface area contributed by atoms with Gasteiger partial charge in [0.2, 0.25) is 0 Å². The highest BCUT2D eigenvalue weighted by Gasteiger charge is 2.16. The summed E-state index contributed by atoms with van der Waals surface area (Å²) in [5, 5.41) is 3.05. The van der Waals surface area contributed by atoms with Gasteiger partial charge in [0.25, 0.3) is 0 Å². The van der Waals surface area contributed by atoms with Gasteiger partial charge in [-0.1, -0.05) is 30.3 Å². The minimum Gasteiger partial charge on any atom is -0.331 e. The van der Waals surface area contributed by atoms with Crippen molar-refractivity contribution in [2.75, 3.05) is 7.05 Å². The van der Waals surface area contributed by atoms with E-state index in [4.69, 9.17) is 0 Å². The van der Waals surface area contributed by atoms with Gasteiger partial charge in [0.1, 0.15) is 5.82 Å². The average Bonchev–Trinajstić information content (AvgIpc) is 2.63. The zero-order valence-electron chi connectivity index (χ0n) is 14.9. The Balaban J connectivity index is 1.60. The van der Waals surface area contributed by atoms with Gasteiger partial charge >= 0.3 is 6.03 Å². The van der Waals surface area contributed by atoms with Crippen LogP contribution in [0, 0.1) is 5.82 Å². The maximum absolute atomic E-state index is 13.0. The fraction of sp³-hybridized carbons (Fsp3) is 0.381. The first kappa shape index (κ1) is 17.5. The van der Waals surface area contributed by atoms with E-state index in [9.17, 15) is 9.18 Å². The van der Waals surface area contributed by atoms with Crippen LogP contribution in [0.5, 0.6) is 0 Å². The molecule has 2 aromatic carbocycles. The van der Waals surface area contributed by atoms with E-state index in [-0.39, 0.29) is 17.9 Å². The Bertz CT molecular complexity index is 742. The van der Waals surface area contributed by atoms with Gasteiger partial charge in [-0.3, -0.25) is 0 Å². The molecule has 0 bridgehead atoms. The second-order valence-electron chi connectivity index (χ2n) is 6.89. The Hall–Kier alpha value is -2.36. The smallest absolute Gasteiger partial charge is 0.317 e. The van der Waals surface area contributed by atoms with E-state index in [1.807, 2.05) is 6.92 Å². The fourth-order valence-electron chi connectivity index (χ4n) is 3.34. The molecule has 0 aliphatic heterocycles. The number of nitrogens with zero attached hydrogens (tertiary/aromatic N) is 1. The van der Waals surface area contributed by atoms with E-state index >= 15 is 0 Å². The third kappa shape index (κ3) is 4.38. The molecule has 1 unspecified atom stereocenters. The van der Waals surface area contributed by atoms with E-state index in [0.29, 0.717) is 6.54 Å². The average molecular weight is 340 g/mol. The SMILES string of the molecule is CC(NC(=O)N(C)Cc1ccc(F)cc1)c1ccc2c(c1)CCCC2. The molecule has 0 heterocycles. The lowest BCUT2D eigenvalue weighted by atomic mass is 9.89. The molecule has 4 heteroatoms.